The lowest BCUT2D eigenvalue weighted by Crippen LogP contribution is -2.11. The average Bonchev–Trinajstić information content (AvgIpc) is 2.87. The van der Waals surface area contributed by atoms with E-state index in [9.17, 15) is 0 Å². The van der Waals surface area contributed by atoms with Crippen LogP contribution in [-0.2, 0) is 18.3 Å². The topological polar surface area (TPSA) is 50.7 Å². The number of aromatic nitrogens is 3. The smallest absolute Gasteiger partial charge is 0.132 e. The number of rotatable bonds is 4. The summed E-state index contributed by atoms with van der Waals surface area (Å²) in [7, 11) is 1.90. The lowest BCUT2D eigenvalue weighted by molar-refractivity contribution is 0.571. The first-order valence-electron chi connectivity index (χ1n) is 6.91. The normalized spacial score (nSPS) is 11.7. The number of nitrogens with one attached hydrogen (secondary N) is 1. The van der Waals surface area contributed by atoms with Crippen molar-refractivity contribution in [1.82, 2.24) is 15.0 Å². The van der Waals surface area contributed by atoms with Crippen LogP contribution in [0.2, 0.25) is 0 Å². The van der Waals surface area contributed by atoms with Crippen LogP contribution in [0.5, 0.6) is 0 Å². The Morgan fingerprint density at radius 2 is 2.00 bits per heavy atom. The van der Waals surface area contributed by atoms with E-state index < -0.39 is 0 Å². The van der Waals surface area contributed by atoms with E-state index in [2.05, 4.69) is 48.4 Å². The van der Waals surface area contributed by atoms with Gasteiger partial charge in [0.25, 0.3) is 0 Å². The van der Waals surface area contributed by atoms with E-state index >= 15 is 0 Å². The molecule has 2 aromatic heterocycles. The van der Waals surface area contributed by atoms with E-state index in [1.807, 2.05) is 7.05 Å². The zero-order valence-electron chi connectivity index (χ0n) is 12.8. The fourth-order valence-electron chi connectivity index (χ4n) is 2.07. The van der Waals surface area contributed by atoms with Crippen molar-refractivity contribution in [3.8, 4) is 0 Å². The van der Waals surface area contributed by atoms with E-state index in [0.717, 1.165) is 35.1 Å². The molecular formula is C15H22N4S. The maximum atomic E-state index is 4.75. The van der Waals surface area contributed by atoms with Crippen LogP contribution in [0.15, 0.2) is 11.7 Å². The van der Waals surface area contributed by atoms with Crippen molar-refractivity contribution < 1.29 is 0 Å². The quantitative estimate of drug-likeness (QED) is 0.937. The van der Waals surface area contributed by atoms with E-state index in [-0.39, 0.29) is 5.41 Å². The summed E-state index contributed by atoms with van der Waals surface area (Å²) in [5, 5.41) is 6.40. The van der Waals surface area contributed by atoms with Crippen LogP contribution >= 0.6 is 11.3 Å². The fourth-order valence-corrected chi connectivity index (χ4v) is 3.09. The second kappa shape index (κ2) is 5.87. The molecule has 0 spiro atoms. The van der Waals surface area contributed by atoms with Gasteiger partial charge < -0.3 is 5.32 Å². The first-order valence-corrected chi connectivity index (χ1v) is 7.79. The predicted molar refractivity (Wildman–Crippen MR) is 84.6 cm³/mol. The largest absolute Gasteiger partial charge is 0.373 e. The summed E-state index contributed by atoms with van der Waals surface area (Å²) < 4.78 is 0. The number of thiazole rings is 1. The van der Waals surface area contributed by atoms with Crippen molar-refractivity contribution in [3.05, 3.63) is 33.7 Å². The molecule has 2 aromatic rings. The Bertz CT molecular complexity index is 584. The van der Waals surface area contributed by atoms with Gasteiger partial charge in [0, 0.05) is 29.8 Å². The van der Waals surface area contributed by atoms with E-state index in [0.29, 0.717) is 0 Å². The zero-order chi connectivity index (χ0) is 14.8. The molecule has 0 fully saturated rings. The van der Waals surface area contributed by atoms with Gasteiger partial charge in [-0.2, -0.15) is 0 Å². The van der Waals surface area contributed by atoms with Crippen molar-refractivity contribution >= 4 is 17.2 Å². The molecule has 0 aromatic carbocycles. The molecule has 2 rings (SSSR count). The molecule has 0 bridgehead atoms. The Morgan fingerprint density at radius 3 is 2.55 bits per heavy atom. The molecule has 0 amide bonds. The minimum absolute atomic E-state index is 0.101. The monoisotopic (exact) mass is 290 g/mol. The number of hydrogen-bond donors (Lipinski definition) is 1. The summed E-state index contributed by atoms with van der Waals surface area (Å²) in [6.07, 6.45) is 3.32. The Kier molecular flexibility index (Phi) is 4.38. The number of nitrogens with zero attached hydrogens (tertiary/aromatic N) is 3. The molecule has 0 aliphatic heterocycles. The van der Waals surface area contributed by atoms with Crippen LogP contribution in [-0.4, -0.2) is 22.0 Å². The minimum atomic E-state index is 0.101. The molecule has 0 aliphatic rings. The summed E-state index contributed by atoms with van der Waals surface area (Å²) in [5.41, 5.74) is 3.51. The number of hydrogen-bond acceptors (Lipinski definition) is 5. The Morgan fingerprint density at radius 1 is 1.25 bits per heavy atom. The molecule has 0 atom stereocenters. The molecule has 20 heavy (non-hydrogen) atoms. The van der Waals surface area contributed by atoms with E-state index in [4.69, 9.17) is 4.98 Å². The van der Waals surface area contributed by atoms with Crippen LogP contribution in [0.3, 0.4) is 0 Å². The van der Waals surface area contributed by atoms with Gasteiger partial charge in [-0.15, -0.1) is 11.3 Å². The molecule has 5 heteroatoms. The van der Waals surface area contributed by atoms with Gasteiger partial charge in [-0.25, -0.2) is 15.0 Å². The Hall–Kier alpha value is -1.49. The first kappa shape index (κ1) is 14.9. The van der Waals surface area contributed by atoms with Crippen LogP contribution in [0.4, 0.5) is 5.82 Å². The highest BCUT2D eigenvalue weighted by Gasteiger charge is 2.18. The van der Waals surface area contributed by atoms with Crippen LogP contribution in [0, 0.1) is 0 Å². The summed E-state index contributed by atoms with van der Waals surface area (Å²) >= 11 is 1.71. The van der Waals surface area contributed by atoms with Gasteiger partial charge in [0.15, 0.2) is 0 Å². The van der Waals surface area contributed by atoms with E-state index in [1.165, 1.54) is 5.56 Å². The third-order valence-electron chi connectivity index (χ3n) is 3.26. The minimum Gasteiger partial charge on any atom is -0.373 e. The molecule has 108 valence electrons. The van der Waals surface area contributed by atoms with Gasteiger partial charge in [0.2, 0.25) is 0 Å². The molecule has 0 unspecified atom stereocenters. The summed E-state index contributed by atoms with van der Waals surface area (Å²) in [6.45, 7) is 8.69. The zero-order valence-corrected chi connectivity index (χ0v) is 13.6. The van der Waals surface area contributed by atoms with Crippen molar-refractivity contribution in [2.24, 2.45) is 0 Å². The van der Waals surface area contributed by atoms with Crippen LogP contribution in [0.1, 0.15) is 49.7 Å². The second-order valence-corrected chi connectivity index (χ2v) is 6.75. The van der Waals surface area contributed by atoms with Crippen LogP contribution < -0.4 is 5.32 Å². The standard InChI is InChI=1S/C15H22N4S/c1-6-10-11(17-9-18-14(10)16-5)7-13-19-12(8-20-13)15(2,3)4/h8-9H,6-7H2,1-5H3,(H,16,17,18). The maximum absolute atomic E-state index is 4.75. The average molecular weight is 290 g/mol. The molecule has 0 radical (unpaired) electrons. The third kappa shape index (κ3) is 3.15. The fraction of sp³-hybridized carbons (Fsp3) is 0.533. The van der Waals surface area contributed by atoms with Crippen molar-refractivity contribution in [1.29, 1.82) is 0 Å². The van der Waals surface area contributed by atoms with Gasteiger partial charge >= 0.3 is 0 Å². The van der Waals surface area contributed by atoms with E-state index in [1.54, 1.807) is 17.7 Å². The predicted octanol–water partition coefficient (Wildman–Crippen LogP) is 3.43. The Labute approximate surface area is 124 Å². The first-order chi connectivity index (χ1) is 9.45. The van der Waals surface area contributed by atoms with Gasteiger partial charge in [0.05, 0.1) is 16.4 Å². The molecule has 0 saturated carbocycles. The third-order valence-corrected chi connectivity index (χ3v) is 4.11. The Balaban J connectivity index is 2.28. The molecule has 1 N–H and O–H groups in total. The van der Waals surface area contributed by atoms with Gasteiger partial charge in [-0.05, 0) is 6.42 Å². The summed E-state index contributed by atoms with van der Waals surface area (Å²) in [5.74, 6) is 0.921. The second-order valence-electron chi connectivity index (χ2n) is 5.80. The lowest BCUT2D eigenvalue weighted by Gasteiger charge is -2.14. The lowest BCUT2D eigenvalue weighted by atomic mass is 9.93. The maximum Gasteiger partial charge on any atom is 0.132 e. The van der Waals surface area contributed by atoms with Gasteiger partial charge in [-0.3, -0.25) is 0 Å². The van der Waals surface area contributed by atoms with Crippen LogP contribution in [0.25, 0.3) is 0 Å². The molecule has 2 heterocycles. The number of anilines is 1. The van der Waals surface area contributed by atoms with Gasteiger partial charge in [0.1, 0.15) is 12.1 Å². The molecule has 0 saturated heterocycles. The van der Waals surface area contributed by atoms with Crippen molar-refractivity contribution in [3.63, 3.8) is 0 Å². The highest BCUT2D eigenvalue weighted by Crippen LogP contribution is 2.26. The molecule has 4 nitrogen and oxygen atoms in total. The van der Waals surface area contributed by atoms with Crippen molar-refractivity contribution in [2.75, 3.05) is 12.4 Å². The molecule has 0 aliphatic carbocycles. The SMILES string of the molecule is CCc1c(Cc2nc(C(C)(C)C)cs2)ncnc1NC. The van der Waals surface area contributed by atoms with Crippen molar-refractivity contribution in [2.45, 2.75) is 46.0 Å². The summed E-state index contributed by atoms with van der Waals surface area (Å²) in [4.78, 5) is 13.5. The summed E-state index contributed by atoms with van der Waals surface area (Å²) in [6, 6.07) is 0. The highest BCUT2D eigenvalue weighted by molar-refractivity contribution is 7.09. The van der Waals surface area contributed by atoms with Gasteiger partial charge in [-0.1, -0.05) is 27.7 Å². The highest BCUT2D eigenvalue weighted by atomic mass is 32.1. The molecular weight excluding hydrogens is 268 g/mol.